The highest BCUT2D eigenvalue weighted by Gasteiger charge is 2.16. The summed E-state index contributed by atoms with van der Waals surface area (Å²) >= 11 is 8.24. The van der Waals surface area contributed by atoms with Crippen molar-refractivity contribution in [2.45, 2.75) is 25.4 Å². The van der Waals surface area contributed by atoms with Gasteiger partial charge < -0.3 is 5.32 Å². The molecule has 0 saturated carbocycles. The van der Waals surface area contributed by atoms with Crippen molar-refractivity contribution in [1.82, 2.24) is 9.55 Å². The van der Waals surface area contributed by atoms with Gasteiger partial charge in [0.05, 0.1) is 28.0 Å². The standard InChI is InChI=1S/C25H21Br2N3O2S/c1-3-16-8-10-17(11-9-16)30-24(32)18-6-4-5-7-21(18)28-25(30)33-14-22(31)29-23-19(26)12-15(2)13-20(23)27/h4-13H,3,14H2,1-2H3,(H,29,31). The zero-order valence-corrected chi connectivity index (χ0v) is 22.1. The van der Waals surface area contributed by atoms with Crippen LogP contribution in [0.25, 0.3) is 16.6 Å². The molecule has 1 amide bonds. The average Bonchev–Trinajstić information content (AvgIpc) is 2.80. The number of carbonyl (C=O) groups excluding carboxylic acids is 1. The predicted molar refractivity (Wildman–Crippen MR) is 143 cm³/mol. The Morgan fingerprint density at radius 1 is 1.06 bits per heavy atom. The Labute approximate surface area is 212 Å². The molecule has 0 aliphatic heterocycles. The first-order valence-electron chi connectivity index (χ1n) is 10.4. The molecule has 1 heterocycles. The summed E-state index contributed by atoms with van der Waals surface area (Å²) in [5.41, 5.74) is 4.10. The summed E-state index contributed by atoms with van der Waals surface area (Å²) in [7, 11) is 0. The highest BCUT2D eigenvalue weighted by Crippen LogP contribution is 2.32. The van der Waals surface area contributed by atoms with Crippen LogP contribution < -0.4 is 10.9 Å². The van der Waals surface area contributed by atoms with Crippen molar-refractivity contribution < 1.29 is 4.79 Å². The molecule has 0 aliphatic carbocycles. The number of rotatable bonds is 6. The fourth-order valence-corrected chi connectivity index (χ4v) is 5.87. The quantitative estimate of drug-likeness (QED) is 0.206. The van der Waals surface area contributed by atoms with Crippen LogP contribution in [0.3, 0.4) is 0 Å². The van der Waals surface area contributed by atoms with E-state index in [1.807, 2.05) is 61.5 Å². The zero-order chi connectivity index (χ0) is 23.5. The van der Waals surface area contributed by atoms with Gasteiger partial charge in [0.1, 0.15) is 0 Å². The van der Waals surface area contributed by atoms with E-state index in [2.05, 4.69) is 44.1 Å². The molecule has 0 aliphatic rings. The average molecular weight is 587 g/mol. The molecule has 8 heteroatoms. The van der Waals surface area contributed by atoms with Gasteiger partial charge in [0, 0.05) is 8.95 Å². The topological polar surface area (TPSA) is 64.0 Å². The molecule has 0 unspecified atom stereocenters. The van der Waals surface area contributed by atoms with Crippen molar-refractivity contribution in [2.75, 3.05) is 11.1 Å². The largest absolute Gasteiger partial charge is 0.323 e. The van der Waals surface area contributed by atoms with Crippen LogP contribution in [0.5, 0.6) is 0 Å². The predicted octanol–water partition coefficient (Wildman–Crippen LogP) is 6.51. The van der Waals surface area contributed by atoms with Crippen LogP contribution in [-0.2, 0) is 11.2 Å². The summed E-state index contributed by atoms with van der Waals surface area (Å²) in [6.07, 6.45) is 0.914. The van der Waals surface area contributed by atoms with E-state index >= 15 is 0 Å². The normalized spacial score (nSPS) is 11.0. The second-order valence-corrected chi connectivity index (χ2v) is 10.2. The number of fused-ring (bicyclic) bond motifs is 1. The first-order chi connectivity index (χ1) is 15.9. The number of benzene rings is 3. The summed E-state index contributed by atoms with van der Waals surface area (Å²) in [5, 5.41) is 3.95. The Kier molecular flexibility index (Phi) is 7.36. The molecule has 33 heavy (non-hydrogen) atoms. The number of aromatic nitrogens is 2. The molecule has 0 radical (unpaired) electrons. The van der Waals surface area contributed by atoms with Gasteiger partial charge in [-0.05, 0) is 92.7 Å². The van der Waals surface area contributed by atoms with Gasteiger partial charge in [0.2, 0.25) is 5.91 Å². The summed E-state index contributed by atoms with van der Waals surface area (Å²) in [4.78, 5) is 30.8. The summed E-state index contributed by atoms with van der Waals surface area (Å²) in [6.45, 7) is 4.07. The first-order valence-corrected chi connectivity index (χ1v) is 12.9. The minimum atomic E-state index is -0.194. The van der Waals surface area contributed by atoms with E-state index in [0.29, 0.717) is 21.7 Å². The number of hydrogen-bond donors (Lipinski definition) is 1. The van der Waals surface area contributed by atoms with Gasteiger partial charge >= 0.3 is 0 Å². The molecule has 0 spiro atoms. The minimum absolute atomic E-state index is 0.102. The molecule has 0 atom stereocenters. The number of aryl methyl sites for hydroxylation is 2. The minimum Gasteiger partial charge on any atom is -0.323 e. The van der Waals surface area contributed by atoms with Crippen molar-refractivity contribution in [3.8, 4) is 5.69 Å². The monoisotopic (exact) mass is 585 g/mol. The van der Waals surface area contributed by atoms with Crippen LogP contribution in [0.2, 0.25) is 0 Å². The van der Waals surface area contributed by atoms with Crippen molar-refractivity contribution in [3.05, 3.63) is 91.1 Å². The Balaban J connectivity index is 1.67. The van der Waals surface area contributed by atoms with Crippen molar-refractivity contribution in [3.63, 3.8) is 0 Å². The summed E-state index contributed by atoms with van der Waals surface area (Å²) in [5.74, 6) is -0.0922. The number of anilines is 1. The fourth-order valence-electron chi connectivity index (χ4n) is 3.44. The number of hydrogen-bond acceptors (Lipinski definition) is 4. The number of amides is 1. The second-order valence-electron chi connectivity index (χ2n) is 7.51. The number of nitrogens with zero attached hydrogens (tertiary/aromatic N) is 2. The maximum Gasteiger partial charge on any atom is 0.266 e. The Bertz CT molecular complexity index is 1380. The number of carbonyl (C=O) groups is 1. The highest BCUT2D eigenvalue weighted by atomic mass is 79.9. The van der Waals surface area contributed by atoms with Crippen LogP contribution in [0, 0.1) is 6.92 Å². The Morgan fingerprint density at radius 3 is 2.39 bits per heavy atom. The molecule has 168 valence electrons. The maximum atomic E-state index is 13.4. The summed E-state index contributed by atoms with van der Waals surface area (Å²) < 4.78 is 3.17. The van der Waals surface area contributed by atoms with Crippen LogP contribution in [0.15, 0.2) is 79.6 Å². The lowest BCUT2D eigenvalue weighted by Gasteiger charge is -2.14. The molecular weight excluding hydrogens is 566 g/mol. The lowest BCUT2D eigenvalue weighted by Crippen LogP contribution is -2.23. The van der Waals surface area contributed by atoms with E-state index in [-0.39, 0.29) is 17.2 Å². The summed E-state index contributed by atoms with van der Waals surface area (Å²) in [6, 6.07) is 19.0. The van der Waals surface area contributed by atoms with E-state index in [0.717, 1.165) is 26.6 Å². The first kappa shape index (κ1) is 23.7. The Morgan fingerprint density at radius 2 is 1.73 bits per heavy atom. The number of halogens is 2. The van der Waals surface area contributed by atoms with E-state index in [4.69, 9.17) is 4.98 Å². The highest BCUT2D eigenvalue weighted by molar-refractivity contribution is 9.11. The van der Waals surface area contributed by atoms with Crippen molar-refractivity contribution in [1.29, 1.82) is 0 Å². The van der Waals surface area contributed by atoms with Crippen molar-refractivity contribution in [2.24, 2.45) is 0 Å². The van der Waals surface area contributed by atoms with E-state index in [1.165, 1.54) is 17.3 Å². The molecule has 1 N–H and O–H groups in total. The third-order valence-electron chi connectivity index (χ3n) is 5.13. The van der Waals surface area contributed by atoms with Gasteiger partial charge in [-0.15, -0.1) is 0 Å². The molecule has 0 bridgehead atoms. The second kappa shape index (κ2) is 10.2. The molecule has 4 rings (SSSR count). The molecular formula is C25H21Br2N3O2S. The van der Waals surface area contributed by atoms with E-state index in [1.54, 1.807) is 10.6 Å². The number of nitrogens with one attached hydrogen (secondary N) is 1. The smallest absolute Gasteiger partial charge is 0.266 e. The van der Waals surface area contributed by atoms with Crippen LogP contribution in [0.1, 0.15) is 18.1 Å². The Hall–Kier alpha value is -2.42. The molecule has 5 nitrogen and oxygen atoms in total. The van der Waals surface area contributed by atoms with Crippen LogP contribution in [0.4, 0.5) is 5.69 Å². The number of para-hydroxylation sites is 1. The van der Waals surface area contributed by atoms with Gasteiger partial charge in [-0.1, -0.05) is 43.0 Å². The van der Waals surface area contributed by atoms with Crippen molar-refractivity contribution >= 4 is 66.1 Å². The number of thioether (sulfide) groups is 1. The SMILES string of the molecule is CCc1ccc(-n2c(SCC(=O)Nc3c(Br)cc(C)cc3Br)nc3ccccc3c2=O)cc1. The van der Waals surface area contributed by atoms with Gasteiger partial charge in [-0.25, -0.2) is 4.98 Å². The lowest BCUT2D eigenvalue weighted by atomic mass is 10.1. The van der Waals surface area contributed by atoms with Crippen LogP contribution in [-0.4, -0.2) is 21.2 Å². The zero-order valence-electron chi connectivity index (χ0n) is 18.1. The lowest BCUT2D eigenvalue weighted by molar-refractivity contribution is -0.113. The fraction of sp³-hybridized carbons (Fsp3) is 0.160. The third kappa shape index (κ3) is 5.23. The third-order valence-corrected chi connectivity index (χ3v) is 7.32. The molecule has 3 aromatic carbocycles. The van der Waals surface area contributed by atoms with Gasteiger partial charge in [0.15, 0.2) is 5.16 Å². The molecule has 0 fully saturated rings. The van der Waals surface area contributed by atoms with Gasteiger partial charge in [-0.2, -0.15) is 0 Å². The van der Waals surface area contributed by atoms with Crippen LogP contribution >= 0.6 is 43.6 Å². The maximum absolute atomic E-state index is 13.4. The van der Waals surface area contributed by atoms with E-state index < -0.39 is 0 Å². The molecule has 1 aromatic heterocycles. The van der Waals surface area contributed by atoms with Gasteiger partial charge in [-0.3, -0.25) is 14.2 Å². The van der Waals surface area contributed by atoms with Gasteiger partial charge in [0.25, 0.3) is 5.56 Å². The molecule has 4 aromatic rings. The molecule has 0 saturated heterocycles. The van der Waals surface area contributed by atoms with E-state index in [9.17, 15) is 9.59 Å².